The number of ether oxygens (including phenoxy) is 1. The summed E-state index contributed by atoms with van der Waals surface area (Å²) < 4.78 is 5.29. The maximum absolute atomic E-state index is 5.29. The largest absolute Gasteiger partial charge is 0.495 e. The highest BCUT2D eigenvalue weighted by atomic mass is 16.5. The fraction of sp³-hybridized carbons (Fsp3) is 0.389. The summed E-state index contributed by atoms with van der Waals surface area (Å²) >= 11 is 0. The van der Waals surface area contributed by atoms with Gasteiger partial charge in [0.25, 0.3) is 0 Å². The van der Waals surface area contributed by atoms with E-state index in [2.05, 4.69) is 55.3 Å². The first-order chi connectivity index (χ1) is 9.97. The Morgan fingerprint density at radius 3 is 2.48 bits per heavy atom. The van der Waals surface area contributed by atoms with E-state index in [1.54, 1.807) is 13.3 Å². The van der Waals surface area contributed by atoms with Gasteiger partial charge in [-0.25, -0.2) is 0 Å². The molecule has 0 saturated carbocycles. The molecule has 21 heavy (non-hydrogen) atoms. The fourth-order valence-electron chi connectivity index (χ4n) is 2.64. The molecule has 1 N–H and O–H groups in total. The Labute approximate surface area is 127 Å². The van der Waals surface area contributed by atoms with E-state index in [9.17, 15) is 0 Å². The molecule has 0 saturated heterocycles. The van der Waals surface area contributed by atoms with Gasteiger partial charge in [-0.05, 0) is 35.2 Å². The molecule has 0 spiro atoms. The van der Waals surface area contributed by atoms with Gasteiger partial charge in [0.15, 0.2) is 0 Å². The number of rotatable bonds is 4. The molecule has 0 radical (unpaired) electrons. The average Bonchev–Trinajstić information content (AvgIpc) is 2.48. The highest BCUT2D eigenvalue weighted by molar-refractivity contribution is 5.41. The molecule has 112 valence electrons. The van der Waals surface area contributed by atoms with Gasteiger partial charge in [-0.15, -0.1) is 0 Å². The molecule has 2 rings (SSSR count). The number of aromatic nitrogens is 1. The van der Waals surface area contributed by atoms with Crippen LogP contribution >= 0.6 is 0 Å². The molecule has 1 atom stereocenters. The second-order valence-electron chi connectivity index (χ2n) is 6.22. The van der Waals surface area contributed by atoms with Crippen LogP contribution in [-0.2, 0) is 5.41 Å². The second kappa shape index (κ2) is 6.27. The summed E-state index contributed by atoms with van der Waals surface area (Å²) in [5, 5.41) is 3.40. The van der Waals surface area contributed by atoms with Gasteiger partial charge in [-0.2, -0.15) is 0 Å². The monoisotopic (exact) mass is 284 g/mol. The highest BCUT2D eigenvalue weighted by Crippen LogP contribution is 2.33. The maximum atomic E-state index is 5.29. The summed E-state index contributed by atoms with van der Waals surface area (Å²) in [6.45, 7) is 6.72. The van der Waals surface area contributed by atoms with Crippen LogP contribution in [0, 0.1) is 0 Å². The predicted molar refractivity (Wildman–Crippen MR) is 86.8 cm³/mol. The van der Waals surface area contributed by atoms with Crippen LogP contribution in [0.4, 0.5) is 0 Å². The molecule has 2 aromatic rings. The first-order valence-corrected chi connectivity index (χ1v) is 7.23. The van der Waals surface area contributed by atoms with Crippen molar-refractivity contribution in [2.45, 2.75) is 32.2 Å². The summed E-state index contributed by atoms with van der Waals surface area (Å²) in [6.07, 6.45) is 3.62. The average molecular weight is 284 g/mol. The molecule has 0 fully saturated rings. The molecular weight excluding hydrogens is 260 g/mol. The van der Waals surface area contributed by atoms with Crippen LogP contribution in [0.15, 0.2) is 42.7 Å². The van der Waals surface area contributed by atoms with E-state index >= 15 is 0 Å². The Morgan fingerprint density at radius 1 is 1.14 bits per heavy atom. The number of hydrogen-bond acceptors (Lipinski definition) is 3. The number of nitrogens with zero attached hydrogens (tertiary/aromatic N) is 1. The molecule has 1 unspecified atom stereocenters. The highest BCUT2D eigenvalue weighted by Gasteiger charge is 2.23. The standard InChI is InChI=1S/C18H24N2O/c1-18(2,3)16-9-7-6-8-15(16)17(19-4)13-10-14(21-5)12-20-11-13/h6-12,17,19H,1-5H3. The van der Waals surface area contributed by atoms with Crippen molar-refractivity contribution < 1.29 is 4.74 Å². The van der Waals surface area contributed by atoms with Gasteiger partial charge in [-0.1, -0.05) is 45.0 Å². The molecule has 0 bridgehead atoms. The van der Waals surface area contributed by atoms with Crippen molar-refractivity contribution in [2.75, 3.05) is 14.2 Å². The minimum Gasteiger partial charge on any atom is -0.495 e. The van der Waals surface area contributed by atoms with Gasteiger partial charge in [0.1, 0.15) is 5.75 Å². The van der Waals surface area contributed by atoms with E-state index in [1.165, 1.54) is 11.1 Å². The summed E-state index contributed by atoms with van der Waals surface area (Å²) in [5.41, 5.74) is 3.82. The van der Waals surface area contributed by atoms with E-state index in [1.807, 2.05) is 19.3 Å². The van der Waals surface area contributed by atoms with Crippen LogP contribution in [0.5, 0.6) is 5.75 Å². The van der Waals surface area contributed by atoms with Crippen molar-refractivity contribution in [1.29, 1.82) is 0 Å². The topological polar surface area (TPSA) is 34.2 Å². The van der Waals surface area contributed by atoms with Crippen molar-refractivity contribution in [3.8, 4) is 5.75 Å². The van der Waals surface area contributed by atoms with Crippen LogP contribution < -0.4 is 10.1 Å². The SMILES string of the molecule is CNC(c1cncc(OC)c1)c1ccccc1C(C)(C)C. The van der Waals surface area contributed by atoms with E-state index in [0.29, 0.717) is 0 Å². The Hall–Kier alpha value is -1.87. The molecule has 1 aromatic heterocycles. The van der Waals surface area contributed by atoms with Crippen LogP contribution in [0.3, 0.4) is 0 Å². The summed E-state index contributed by atoms with van der Waals surface area (Å²) in [5.74, 6) is 0.779. The third kappa shape index (κ3) is 3.42. The van der Waals surface area contributed by atoms with Gasteiger partial charge in [0.2, 0.25) is 0 Å². The van der Waals surface area contributed by atoms with Gasteiger partial charge in [-0.3, -0.25) is 4.98 Å². The van der Waals surface area contributed by atoms with Gasteiger partial charge in [0.05, 0.1) is 19.3 Å². The molecule has 3 heteroatoms. The van der Waals surface area contributed by atoms with E-state index in [4.69, 9.17) is 4.74 Å². The number of nitrogens with one attached hydrogen (secondary N) is 1. The van der Waals surface area contributed by atoms with Gasteiger partial charge in [0, 0.05) is 6.20 Å². The summed E-state index contributed by atoms with van der Waals surface area (Å²) in [7, 11) is 3.64. The minimum absolute atomic E-state index is 0.0952. The minimum atomic E-state index is 0.0952. The van der Waals surface area contributed by atoms with E-state index in [-0.39, 0.29) is 11.5 Å². The lowest BCUT2D eigenvalue weighted by molar-refractivity contribution is 0.411. The quantitative estimate of drug-likeness (QED) is 0.929. The third-order valence-corrected chi connectivity index (χ3v) is 3.67. The molecule has 0 aliphatic carbocycles. The Morgan fingerprint density at radius 2 is 1.86 bits per heavy atom. The molecule has 1 aromatic carbocycles. The number of methoxy groups -OCH3 is 1. The van der Waals surface area contributed by atoms with Gasteiger partial charge >= 0.3 is 0 Å². The summed E-state index contributed by atoms with van der Waals surface area (Å²) in [6, 6.07) is 10.7. The molecule has 0 amide bonds. The van der Waals surface area contributed by atoms with Gasteiger partial charge < -0.3 is 10.1 Å². The zero-order valence-electron chi connectivity index (χ0n) is 13.5. The first-order valence-electron chi connectivity index (χ1n) is 7.23. The lowest BCUT2D eigenvalue weighted by Crippen LogP contribution is -2.23. The lowest BCUT2D eigenvalue weighted by atomic mass is 9.81. The van der Waals surface area contributed by atoms with Crippen LogP contribution in [0.25, 0.3) is 0 Å². The Balaban J connectivity index is 2.51. The van der Waals surface area contributed by atoms with E-state index in [0.717, 1.165) is 11.3 Å². The number of hydrogen-bond donors (Lipinski definition) is 1. The summed E-state index contributed by atoms with van der Waals surface area (Å²) in [4.78, 5) is 4.28. The predicted octanol–water partition coefficient (Wildman–Crippen LogP) is 3.70. The molecule has 0 aliphatic heterocycles. The normalized spacial score (nSPS) is 13.0. The fourth-order valence-corrected chi connectivity index (χ4v) is 2.64. The Kier molecular flexibility index (Phi) is 4.63. The Bertz CT molecular complexity index is 602. The number of pyridine rings is 1. The lowest BCUT2D eigenvalue weighted by Gasteiger charge is -2.27. The van der Waals surface area contributed by atoms with Crippen molar-refractivity contribution in [2.24, 2.45) is 0 Å². The molecular formula is C18H24N2O. The number of benzene rings is 1. The first kappa shape index (κ1) is 15.5. The van der Waals surface area contributed by atoms with Crippen molar-refractivity contribution >= 4 is 0 Å². The van der Waals surface area contributed by atoms with Crippen LogP contribution in [0.1, 0.15) is 43.5 Å². The zero-order valence-corrected chi connectivity index (χ0v) is 13.5. The second-order valence-corrected chi connectivity index (χ2v) is 6.22. The molecule has 1 heterocycles. The molecule has 3 nitrogen and oxygen atoms in total. The third-order valence-electron chi connectivity index (χ3n) is 3.67. The smallest absolute Gasteiger partial charge is 0.137 e. The van der Waals surface area contributed by atoms with Crippen molar-refractivity contribution in [3.63, 3.8) is 0 Å². The van der Waals surface area contributed by atoms with Crippen molar-refractivity contribution in [1.82, 2.24) is 10.3 Å². The zero-order chi connectivity index (χ0) is 15.5. The van der Waals surface area contributed by atoms with E-state index < -0.39 is 0 Å². The molecule has 0 aliphatic rings. The van der Waals surface area contributed by atoms with Crippen molar-refractivity contribution in [3.05, 3.63) is 59.4 Å². The maximum Gasteiger partial charge on any atom is 0.137 e. The van der Waals surface area contributed by atoms with Crippen LogP contribution in [-0.4, -0.2) is 19.1 Å². The van der Waals surface area contributed by atoms with Crippen LogP contribution in [0.2, 0.25) is 0 Å².